The molecule has 21 heavy (non-hydrogen) atoms. The average Bonchev–Trinajstić information content (AvgIpc) is 2.34. The molecule has 2 N–H and O–H groups in total. The monoisotopic (exact) mass is 317 g/mol. The number of alkyl carbamates (subject to hydrolysis) is 1. The molecule has 0 bridgehead atoms. The molecular formula is C14H20ClNO5. The van der Waals surface area contributed by atoms with E-state index in [9.17, 15) is 14.7 Å². The number of aromatic hydroxyl groups is 1. The minimum absolute atomic E-state index is 0. The van der Waals surface area contributed by atoms with E-state index in [2.05, 4.69) is 10.1 Å². The van der Waals surface area contributed by atoms with Crippen LogP contribution in [0, 0.1) is 0 Å². The van der Waals surface area contributed by atoms with E-state index in [0.717, 1.165) is 0 Å². The summed E-state index contributed by atoms with van der Waals surface area (Å²) in [6, 6.07) is 4.89. The summed E-state index contributed by atoms with van der Waals surface area (Å²) in [5, 5.41) is 11.7. The van der Waals surface area contributed by atoms with Gasteiger partial charge in [0.1, 0.15) is 11.4 Å². The fraction of sp³-hybridized carbons (Fsp3) is 0.429. The van der Waals surface area contributed by atoms with Gasteiger partial charge in [0, 0.05) is 0 Å². The number of halogens is 1. The van der Waals surface area contributed by atoms with Gasteiger partial charge in [0.2, 0.25) is 0 Å². The van der Waals surface area contributed by atoms with Gasteiger partial charge in [-0.05, 0) is 38.5 Å². The van der Waals surface area contributed by atoms with Crippen LogP contribution < -0.4 is 5.32 Å². The van der Waals surface area contributed by atoms with Gasteiger partial charge in [-0.2, -0.15) is 0 Å². The van der Waals surface area contributed by atoms with Crippen LogP contribution in [0.3, 0.4) is 0 Å². The Kier molecular flexibility index (Phi) is 7.01. The quantitative estimate of drug-likeness (QED) is 0.837. The number of rotatable bonds is 3. The van der Waals surface area contributed by atoms with Crippen molar-refractivity contribution in [1.82, 2.24) is 5.32 Å². The summed E-state index contributed by atoms with van der Waals surface area (Å²) >= 11 is 0. The second-order valence-electron chi connectivity index (χ2n) is 5.19. The fourth-order valence-electron chi connectivity index (χ4n) is 1.49. The summed E-state index contributed by atoms with van der Waals surface area (Å²) in [6.07, 6.45) is -0.721. The van der Waals surface area contributed by atoms with Crippen LogP contribution in [-0.2, 0) is 14.3 Å². The smallest absolute Gasteiger partial charge is 0.408 e. The Morgan fingerprint density at radius 3 is 2.14 bits per heavy atom. The second kappa shape index (κ2) is 7.73. The van der Waals surface area contributed by atoms with Crippen molar-refractivity contribution < 1.29 is 24.2 Å². The van der Waals surface area contributed by atoms with Crippen molar-refractivity contribution >= 4 is 24.5 Å². The Morgan fingerprint density at radius 2 is 1.71 bits per heavy atom. The maximum atomic E-state index is 11.7. The molecule has 1 aromatic carbocycles. The van der Waals surface area contributed by atoms with Crippen molar-refractivity contribution in [3.63, 3.8) is 0 Å². The maximum Gasteiger partial charge on any atom is 0.408 e. The first-order valence-electron chi connectivity index (χ1n) is 6.09. The van der Waals surface area contributed by atoms with Crippen LogP contribution in [0.15, 0.2) is 24.3 Å². The van der Waals surface area contributed by atoms with E-state index in [0.29, 0.717) is 5.56 Å². The molecule has 0 aliphatic heterocycles. The lowest BCUT2D eigenvalue weighted by atomic mass is 10.1. The minimum Gasteiger partial charge on any atom is -0.508 e. The van der Waals surface area contributed by atoms with Crippen molar-refractivity contribution in [3.8, 4) is 5.75 Å². The van der Waals surface area contributed by atoms with Gasteiger partial charge < -0.3 is 19.9 Å². The number of hydrogen-bond donors (Lipinski definition) is 2. The molecule has 1 aromatic rings. The number of hydrogen-bond acceptors (Lipinski definition) is 5. The molecule has 0 aliphatic carbocycles. The molecule has 0 fully saturated rings. The minimum atomic E-state index is -0.990. The Morgan fingerprint density at radius 1 is 1.19 bits per heavy atom. The number of esters is 1. The topological polar surface area (TPSA) is 84.9 Å². The third-order valence-corrected chi connectivity index (χ3v) is 2.32. The molecule has 7 heteroatoms. The highest BCUT2D eigenvalue weighted by atomic mass is 35.5. The first-order valence-corrected chi connectivity index (χ1v) is 6.09. The highest BCUT2D eigenvalue weighted by Gasteiger charge is 2.26. The average molecular weight is 318 g/mol. The van der Waals surface area contributed by atoms with Crippen LogP contribution in [0.4, 0.5) is 4.79 Å². The number of phenols is 1. The molecule has 0 aliphatic rings. The van der Waals surface area contributed by atoms with Crippen molar-refractivity contribution in [2.45, 2.75) is 32.4 Å². The molecule has 0 saturated heterocycles. The summed E-state index contributed by atoms with van der Waals surface area (Å²) in [6.45, 7) is 5.17. The van der Waals surface area contributed by atoms with Gasteiger partial charge in [0.25, 0.3) is 0 Å². The van der Waals surface area contributed by atoms with Crippen LogP contribution in [0.2, 0.25) is 0 Å². The summed E-state index contributed by atoms with van der Waals surface area (Å²) in [5.41, 5.74) is -0.180. The first-order chi connectivity index (χ1) is 9.23. The number of methoxy groups -OCH3 is 1. The van der Waals surface area contributed by atoms with Crippen LogP contribution in [0.1, 0.15) is 32.4 Å². The van der Waals surface area contributed by atoms with Gasteiger partial charge in [0.15, 0.2) is 6.04 Å². The van der Waals surface area contributed by atoms with E-state index in [-0.39, 0.29) is 18.2 Å². The number of carbonyl (C=O) groups is 2. The predicted octanol–water partition coefficient (Wildman–Crippen LogP) is 2.55. The largest absolute Gasteiger partial charge is 0.508 e. The molecule has 0 aromatic heterocycles. The lowest BCUT2D eigenvalue weighted by Gasteiger charge is -2.22. The van der Waals surface area contributed by atoms with Crippen LogP contribution >= 0.6 is 12.4 Å². The molecular weight excluding hydrogens is 298 g/mol. The third kappa shape index (κ3) is 6.35. The van der Waals surface area contributed by atoms with Crippen LogP contribution in [0.25, 0.3) is 0 Å². The van der Waals surface area contributed by atoms with Gasteiger partial charge in [-0.25, -0.2) is 9.59 Å². The Bertz CT molecular complexity index is 481. The second-order valence-corrected chi connectivity index (χ2v) is 5.19. The van der Waals surface area contributed by atoms with E-state index >= 15 is 0 Å². The molecule has 6 nitrogen and oxygen atoms in total. The van der Waals surface area contributed by atoms with Crippen molar-refractivity contribution in [1.29, 1.82) is 0 Å². The SMILES string of the molecule is COC(=O)[C@H](NC(=O)OC(C)(C)C)c1ccc(O)cc1.Cl. The molecule has 1 amide bonds. The molecule has 118 valence electrons. The number of nitrogens with one attached hydrogen (secondary N) is 1. The highest BCUT2D eigenvalue weighted by molar-refractivity contribution is 5.85. The Hall–Kier alpha value is -1.95. The third-order valence-electron chi connectivity index (χ3n) is 2.32. The van der Waals surface area contributed by atoms with Gasteiger partial charge in [-0.15, -0.1) is 12.4 Å². The van der Waals surface area contributed by atoms with Gasteiger partial charge >= 0.3 is 12.1 Å². The van der Waals surface area contributed by atoms with E-state index in [1.807, 2.05) is 0 Å². The number of amides is 1. The van der Waals surface area contributed by atoms with Gasteiger partial charge in [-0.3, -0.25) is 0 Å². The van der Waals surface area contributed by atoms with Crippen molar-refractivity contribution in [2.75, 3.05) is 7.11 Å². The zero-order chi connectivity index (χ0) is 15.3. The van der Waals surface area contributed by atoms with Crippen molar-refractivity contribution in [3.05, 3.63) is 29.8 Å². The van der Waals surface area contributed by atoms with E-state index in [1.165, 1.54) is 31.4 Å². The number of carbonyl (C=O) groups excluding carboxylic acids is 2. The normalized spacial score (nSPS) is 11.8. The number of phenolic OH excluding ortho intramolecular Hbond substituents is 1. The standard InChI is InChI=1S/C14H19NO5.ClH/c1-14(2,3)20-13(18)15-11(12(17)19-4)9-5-7-10(16)8-6-9;/h5-8,11,16H,1-4H3,(H,15,18);1H/t11-;/m1./s1. The van der Waals surface area contributed by atoms with Crippen LogP contribution in [0.5, 0.6) is 5.75 Å². The maximum absolute atomic E-state index is 11.7. The van der Waals surface area contributed by atoms with Gasteiger partial charge in [-0.1, -0.05) is 12.1 Å². The predicted molar refractivity (Wildman–Crippen MR) is 79.5 cm³/mol. The summed E-state index contributed by atoms with van der Waals surface area (Å²) in [4.78, 5) is 23.5. The molecule has 1 atom stereocenters. The highest BCUT2D eigenvalue weighted by Crippen LogP contribution is 2.19. The lowest BCUT2D eigenvalue weighted by molar-refractivity contribution is -0.143. The Labute approximate surface area is 129 Å². The molecule has 1 rings (SSSR count). The fourth-order valence-corrected chi connectivity index (χ4v) is 1.49. The molecule has 0 saturated carbocycles. The van der Waals surface area contributed by atoms with Crippen LogP contribution in [-0.4, -0.2) is 29.9 Å². The summed E-state index contributed by atoms with van der Waals surface area (Å²) in [7, 11) is 1.23. The first kappa shape index (κ1) is 19.1. The summed E-state index contributed by atoms with van der Waals surface area (Å²) in [5.74, 6) is -0.559. The van der Waals surface area contributed by atoms with E-state index in [1.54, 1.807) is 20.8 Å². The molecule has 0 heterocycles. The molecule has 0 spiro atoms. The van der Waals surface area contributed by atoms with E-state index < -0.39 is 23.7 Å². The zero-order valence-corrected chi connectivity index (χ0v) is 13.2. The molecule has 0 radical (unpaired) electrons. The number of benzene rings is 1. The summed E-state index contributed by atoms with van der Waals surface area (Å²) < 4.78 is 9.76. The van der Waals surface area contributed by atoms with E-state index in [4.69, 9.17) is 4.74 Å². The zero-order valence-electron chi connectivity index (χ0n) is 12.4. The lowest BCUT2D eigenvalue weighted by Crippen LogP contribution is -2.38. The van der Waals surface area contributed by atoms with Crippen molar-refractivity contribution in [2.24, 2.45) is 0 Å². The molecule has 0 unspecified atom stereocenters. The number of ether oxygens (including phenoxy) is 2. The Balaban J connectivity index is 0.00000400. The van der Waals surface area contributed by atoms with Gasteiger partial charge in [0.05, 0.1) is 7.11 Å².